The number of hydrogen-bond acceptors (Lipinski definition) is 7. The number of nitrogens with one attached hydrogen (secondary N) is 1. The topological polar surface area (TPSA) is 89.5 Å². The number of carbonyl (C=O) groups is 1. The molecule has 3 aromatic rings. The fourth-order valence-electron chi connectivity index (χ4n) is 6.40. The van der Waals surface area contributed by atoms with Gasteiger partial charge in [0.05, 0.1) is 17.0 Å². The monoisotopic (exact) mass is 699 g/mol. The molecule has 1 aliphatic rings. The van der Waals surface area contributed by atoms with E-state index in [9.17, 15) is 4.79 Å². The molecule has 49 heavy (non-hydrogen) atoms. The van der Waals surface area contributed by atoms with Crippen molar-refractivity contribution >= 4 is 36.8 Å². The second-order valence-electron chi connectivity index (χ2n) is 14.5. The summed E-state index contributed by atoms with van der Waals surface area (Å²) >= 11 is 0. The van der Waals surface area contributed by atoms with Gasteiger partial charge in [0.2, 0.25) is 0 Å². The summed E-state index contributed by atoms with van der Waals surface area (Å²) < 4.78 is 60.5. The summed E-state index contributed by atoms with van der Waals surface area (Å²) in [4.78, 5) is 28.2. The van der Waals surface area contributed by atoms with Crippen LogP contribution in [0.3, 0.4) is 0 Å². The number of aromatic nitrogens is 3. The Morgan fingerprint density at radius 2 is 1.69 bits per heavy atom. The average molecular weight is 700 g/mol. The van der Waals surface area contributed by atoms with Crippen molar-refractivity contribution in [2.75, 3.05) is 18.4 Å². The van der Waals surface area contributed by atoms with E-state index < -0.39 is 42.9 Å². The zero-order valence-corrected chi connectivity index (χ0v) is 31.9. The first-order chi connectivity index (χ1) is 22.8. The molecule has 0 saturated carbocycles. The van der Waals surface area contributed by atoms with E-state index in [0.717, 1.165) is 22.9 Å². The number of halogens is 3. The molecule has 0 radical (unpaired) electrons. The van der Waals surface area contributed by atoms with Crippen LogP contribution in [-0.4, -0.2) is 58.6 Å². The fourth-order valence-corrected chi connectivity index (χ4v) is 9.54. The molecule has 1 N–H and O–H groups in total. The molecule has 0 bridgehead atoms. The first-order valence-corrected chi connectivity index (χ1v) is 19.8. The second kappa shape index (κ2) is 14.4. The van der Waals surface area contributed by atoms with Gasteiger partial charge in [-0.05, 0) is 103 Å². The van der Waals surface area contributed by atoms with E-state index in [1.165, 1.54) is 26.0 Å². The van der Waals surface area contributed by atoms with Crippen LogP contribution in [0.1, 0.15) is 103 Å². The third-order valence-electron chi connectivity index (χ3n) is 9.54. The largest absolute Gasteiger partial charge is 0.444 e. The first kappa shape index (κ1) is 38.3. The van der Waals surface area contributed by atoms with E-state index >= 15 is 13.2 Å². The minimum absolute atomic E-state index is 0.0832. The van der Waals surface area contributed by atoms with E-state index in [-0.39, 0.29) is 11.7 Å². The van der Waals surface area contributed by atoms with Gasteiger partial charge in [-0.2, -0.15) is 8.78 Å². The molecule has 0 spiro atoms. The van der Waals surface area contributed by atoms with Gasteiger partial charge >= 0.3 is 12.0 Å². The van der Waals surface area contributed by atoms with Gasteiger partial charge in [-0.1, -0.05) is 39.0 Å². The summed E-state index contributed by atoms with van der Waals surface area (Å²) in [5.41, 5.74) is 0.0522. The third-order valence-corrected chi connectivity index (χ3v) is 14.4. The first-order valence-electron chi connectivity index (χ1n) is 17.2. The molecule has 0 aliphatic carbocycles. The summed E-state index contributed by atoms with van der Waals surface area (Å²) in [6.07, 6.45) is 2.24. The molecular formula is C37H52F3N5O3Si. The number of benzene rings is 1. The fraction of sp³-hybridized carbons (Fsp3) is 0.568. The minimum Gasteiger partial charge on any atom is -0.444 e. The molecular weight excluding hydrogens is 648 g/mol. The highest BCUT2D eigenvalue weighted by atomic mass is 28.4. The lowest BCUT2D eigenvalue weighted by Crippen LogP contribution is -2.52. The van der Waals surface area contributed by atoms with Gasteiger partial charge < -0.3 is 19.4 Å². The van der Waals surface area contributed by atoms with Crippen molar-refractivity contribution in [1.29, 1.82) is 0 Å². The molecule has 1 atom stereocenters. The van der Waals surface area contributed by atoms with Crippen LogP contribution in [0.2, 0.25) is 18.1 Å². The molecule has 0 unspecified atom stereocenters. The molecule has 12 heteroatoms. The number of aryl methyl sites for hydroxylation is 2. The Kier molecular flexibility index (Phi) is 11.2. The van der Waals surface area contributed by atoms with Gasteiger partial charge in [0.1, 0.15) is 28.7 Å². The maximum absolute atomic E-state index is 16.2. The van der Waals surface area contributed by atoms with E-state index in [1.54, 1.807) is 18.7 Å². The van der Waals surface area contributed by atoms with Gasteiger partial charge in [0.15, 0.2) is 14.0 Å². The van der Waals surface area contributed by atoms with Gasteiger partial charge in [0.25, 0.3) is 0 Å². The second-order valence-corrected chi connectivity index (χ2v) is 19.2. The number of carbonyl (C=O) groups excluding carboxylic acids is 1. The van der Waals surface area contributed by atoms with Crippen molar-refractivity contribution in [3.63, 3.8) is 0 Å². The molecule has 0 fully saturated rings. The number of pyridine rings is 1. The highest BCUT2D eigenvalue weighted by Crippen LogP contribution is 2.46. The zero-order valence-electron chi connectivity index (χ0n) is 30.9. The number of fused-ring (bicyclic) bond motifs is 1. The highest BCUT2D eigenvalue weighted by molar-refractivity contribution is 6.73. The maximum Gasteiger partial charge on any atom is 0.410 e. The number of ether oxygens (including phenoxy) is 1. The molecule has 1 aliphatic heterocycles. The van der Waals surface area contributed by atoms with Gasteiger partial charge in [-0.25, -0.2) is 24.1 Å². The van der Waals surface area contributed by atoms with Crippen molar-refractivity contribution in [3.05, 3.63) is 64.4 Å². The molecule has 0 saturated heterocycles. The molecule has 268 valence electrons. The average Bonchev–Trinajstić information content (AvgIpc) is 3.02. The van der Waals surface area contributed by atoms with Crippen LogP contribution in [0.5, 0.6) is 0 Å². The lowest BCUT2D eigenvalue weighted by molar-refractivity contribution is -0.161. The molecule has 1 aromatic carbocycles. The number of anilines is 1. The Hall–Kier alpha value is -3.51. The lowest BCUT2D eigenvalue weighted by atomic mass is 9.91. The van der Waals surface area contributed by atoms with Gasteiger partial charge in [0, 0.05) is 24.3 Å². The predicted molar refractivity (Wildman–Crippen MR) is 192 cm³/mol. The summed E-state index contributed by atoms with van der Waals surface area (Å²) in [7, 11) is -2.43. The number of alkyl halides is 2. The van der Waals surface area contributed by atoms with Crippen molar-refractivity contribution in [2.45, 2.75) is 124 Å². The number of nitrogens with zero attached hydrogens (tertiary/aromatic N) is 4. The number of hydrogen-bond donors (Lipinski definition) is 1. The van der Waals surface area contributed by atoms with Crippen molar-refractivity contribution in [3.8, 4) is 0 Å². The standard InChI is InChI=1S/C37H52F3N5O3Si/c1-12-49(13-2,14-3)48-36(10,11)37(39,40)30-17-15-16-27(31(30)38)23(4)41-32-29-22-28(24(5)42-33(29)44-25(6)43-32)26-18-20-45(21-19-26)34(46)47-35(7,8)9/h15-18,22-23H,12-14,19-21H2,1-11H3,(H,41,42,43,44)/t23-/m1/s1. The Labute approximate surface area is 290 Å². The quantitative estimate of drug-likeness (QED) is 0.199. The summed E-state index contributed by atoms with van der Waals surface area (Å²) in [5.74, 6) is -3.69. The predicted octanol–water partition coefficient (Wildman–Crippen LogP) is 9.87. The molecule has 2 aromatic heterocycles. The normalized spacial score (nSPS) is 15.3. The summed E-state index contributed by atoms with van der Waals surface area (Å²) in [5, 5.41) is 3.89. The number of rotatable bonds is 11. The molecule has 8 nitrogen and oxygen atoms in total. The van der Waals surface area contributed by atoms with E-state index in [0.29, 0.717) is 60.3 Å². The van der Waals surface area contributed by atoms with E-state index in [4.69, 9.17) is 14.1 Å². The smallest absolute Gasteiger partial charge is 0.410 e. The van der Waals surface area contributed by atoms with Crippen LogP contribution in [0.15, 0.2) is 30.3 Å². The summed E-state index contributed by atoms with van der Waals surface area (Å²) in [6.45, 7) is 20.4. The van der Waals surface area contributed by atoms with E-state index in [2.05, 4.69) is 15.3 Å². The van der Waals surface area contributed by atoms with Crippen LogP contribution in [0.25, 0.3) is 16.6 Å². The Bertz CT molecular complexity index is 1710. The van der Waals surface area contributed by atoms with Crippen molar-refractivity contribution < 1.29 is 27.1 Å². The minimum atomic E-state index is -3.59. The molecule has 1 amide bonds. The highest BCUT2D eigenvalue weighted by Gasteiger charge is 2.54. The van der Waals surface area contributed by atoms with Crippen LogP contribution >= 0.6 is 0 Å². The molecule has 3 heterocycles. The van der Waals surface area contributed by atoms with Gasteiger partial charge in [-0.3, -0.25) is 0 Å². The molecule has 4 rings (SSSR count). The third kappa shape index (κ3) is 8.11. The van der Waals surface area contributed by atoms with Crippen molar-refractivity contribution in [1.82, 2.24) is 19.9 Å². The van der Waals surface area contributed by atoms with Gasteiger partial charge in [-0.15, -0.1) is 0 Å². The Morgan fingerprint density at radius 1 is 1.04 bits per heavy atom. The van der Waals surface area contributed by atoms with Crippen LogP contribution in [0, 0.1) is 19.7 Å². The van der Waals surface area contributed by atoms with Crippen LogP contribution in [0.4, 0.5) is 23.8 Å². The maximum atomic E-state index is 16.2. The van der Waals surface area contributed by atoms with Crippen molar-refractivity contribution in [2.24, 2.45) is 0 Å². The SMILES string of the molecule is CC[Si](CC)(CC)OC(C)(C)C(F)(F)c1cccc([C@@H](C)Nc2nc(C)nc3nc(C)c(C4=CCN(C(=O)OC(C)(C)C)CC4)cc23)c1F. The Morgan fingerprint density at radius 3 is 2.27 bits per heavy atom. The summed E-state index contributed by atoms with van der Waals surface area (Å²) in [6, 6.07) is 7.45. The Balaban J connectivity index is 1.66. The zero-order chi connectivity index (χ0) is 36.5. The van der Waals surface area contributed by atoms with Crippen LogP contribution < -0.4 is 5.32 Å². The van der Waals surface area contributed by atoms with Crippen LogP contribution in [-0.2, 0) is 15.1 Å². The number of amides is 1. The van der Waals surface area contributed by atoms with E-state index in [1.807, 2.05) is 60.6 Å². The lowest BCUT2D eigenvalue weighted by Gasteiger charge is -2.42.